The Balaban J connectivity index is 1.93. The zero-order chi connectivity index (χ0) is 11.4. The molecule has 86 valence electrons. The molecule has 0 aliphatic carbocycles. The first-order valence-corrected chi connectivity index (χ1v) is 5.19. The molecule has 1 aromatic rings. The Kier molecular flexibility index (Phi) is 3.43. The van der Waals surface area contributed by atoms with Crippen molar-refractivity contribution in [2.24, 2.45) is 0 Å². The zero-order valence-electron chi connectivity index (χ0n) is 8.83. The maximum atomic E-state index is 10.8. The first kappa shape index (κ1) is 11.0. The smallest absolute Gasteiger partial charge is 0.322 e. The molecule has 2 N–H and O–H groups in total. The Morgan fingerprint density at radius 3 is 3.19 bits per heavy atom. The molecule has 6 heteroatoms. The first-order chi connectivity index (χ1) is 7.75. The molecule has 1 aromatic heterocycles. The van der Waals surface area contributed by atoms with Gasteiger partial charge in [-0.2, -0.15) is 0 Å². The van der Waals surface area contributed by atoms with Crippen molar-refractivity contribution in [2.75, 3.05) is 19.6 Å². The van der Waals surface area contributed by atoms with E-state index in [1.807, 2.05) is 0 Å². The molecule has 6 nitrogen and oxygen atoms in total. The Morgan fingerprint density at radius 1 is 1.62 bits per heavy atom. The van der Waals surface area contributed by atoms with Crippen LogP contribution in [-0.2, 0) is 11.3 Å². The van der Waals surface area contributed by atoms with Gasteiger partial charge in [-0.05, 0) is 0 Å². The second kappa shape index (κ2) is 5.00. The van der Waals surface area contributed by atoms with E-state index in [9.17, 15) is 4.79 Å². The predicted octanol–water partition coefficient (Wildman–Crippen LogP) is -0.665. The van der Waals surface area contributed by atoms with Gasteiger partial charge in [-0.1, -0.05) is 0 Å². The Morgan fingerprint density at radius 2 is 2.50 bits per heavy atom. The third-order valence-corrected chi connectivity index (χ3v) is 2.56. The van der Waals surface area contributed by atoms with Crippen molar-refractivity contribution in [3.63, 3.8) is 0 Å². The quantitative estimate of drug-likeness (QED) is 0.706. The van der Waals surface area contributed by atoms with E-state index in [1.54, 1.807) is 18.6 Å². The molecule has 0 saturated carbocycles. The topological polar surface area (TPSA) is 78.3 Å². The molecule has 0 amide bonds. The highest BCUT2D eigenvalue weighted by Gasteiger charge is 2.24. The van der Waals surface area contributed by atoms with Gasteiger partial charge < -0.3 is 10.4 Å². The molecule has 0 aromatic carbocycles. The van der Waals surface area contributed by atoms with Gasteiger partial charge in [0.1, 0.15) is 6.04 Å². The second-order valence-corrected chi connectivity index (χ2v) is 3.78. The number of rotatable bonds is 3. The van der Waals surface area contributed by atoms with Crippen LogP contribution in [0.25, 0.3) is 0 Å². The molecule has 1 atom stereocenters. The number of hydrogen-bond acceptors (Lipinski definition) is 5. The number of aromatic nitrogens is 2. The summed E-state index contributed by atoms with van der Waals surface area (Å²) in [6, 6.07) is -0.481. The van der Waals surface area contributed by atoms with Crippen LogP contribution in [0.5, 0.6) is 0 Å². The van der Waals surface area contributed by atoms with Gasteiger partial charge in [-0.25, -0.2) is 0 Å². The van der Waals surface area contributed by atoms with Gasteiger partial charge in [-0.3, -0.25) is 19.7 Å². The summed E-state index contributed by atoms with van der Waals surface area (Å²) in [5.74, 6) is -0.802. The number of piperazine rings is 1. The molecule has 1 aliphatic heterocycles. The molecule has 16 heavy (non-hydrogen) atoms. The lowest BCUT2D eigenvalue weighted by molar-refractivity contribution is -0.140. The number of carboxylic acid groups (broad SMARTS) is 1. The lowest BCUT2D eigenvalue weighted by Crippen LogP contribution is -2.53. The molecule has 1 saturated heterocycles. The summed E-state index contributed by atoms with van der Waals surface area (Å²) in [5.41, 5.74) is 0.869. The zero-order valence-corrected chi connectivity index (χ0v) is 8.83. The SMILES string of the molecule is O=C(O)C1CN(Cc2cnccn2)CCN1. The lowest BCUT2D eigenvalue weighted by atomic mass is 10.2. The van der Waals surface area contributed by atoms with Crippen LogP contribution in [-0.4, -0.2) is 51.6 Å². The van der Waals surface area contributed by atoms with Crippen LogP contribution in [0.2, 0.25) is 0 Å². The van der Waals surface area contributed by atoms with E-state index in [1.165, 1.54) is 0 Å². The number of carbonyl (C=O) groups is 1. The fourth-order valence-corrected chi connectivity index (χ4v) is 1.76. The number of nitrogens with zero attached hydrogens (tertiary/aromatic N) is 3. The van der Waals surface area contributed by atoms with Gasteiger partial charge in [-0.15, -0.1) is 0 Å². The molecule has 0 spiro atoms. The normalized spacial score (nSPS) is 21.9. The summed E-state index contributed by atoms with van der Waals surface area (Å²) in [6.45, 7) is 2.68. The molecule has 1 fully saturated rings. The standard InChI is InChI=1S/C10H14N4O2/c15-10(16)9-7-14(4-3-13-9)6-8-5-11-1-2-12-8/h1-2,5,9,13H,3-4,6-7H2,(H,15,16). The summed E-state index contributed by atoms with van der Waals surface area (Å²) >= 11 is 0. The van der Waals surface area contributed by atoms with Crippen molar-refractivity contribution in [3.05, 3.63) is 24.3 Å². The van der Waals surface area contributed by atoms with Crippen LogP contribution in [0.3, 0.4) is 0 Å². The Hall–Kier alpha value is -1.53. The monoisotopic (exact) mass is 222 g/mol. The number of nitrogens with one attached hydrogen (secondary N) is 1. The maximum Gasteiger partial charge on any atom is 0.322 e. The predicted molar refractivity (Wildman–Crippen MR) is 56.7 cm³/mol. The van der Waals surface area contributed by atoms with E-state index in [0.29, 0.717) is 19.6 Å². The molecule has 1 unspecified atom stereocenters. The van der Waals surface area contributed by atoms with Crippen LogP contribution in [0.15, 0.2) is 18.6 Å². The Bertz CT molecular complexity index is 357. The molecule has 2 heterocycles. The van der Waals surface area contributed by atoms with Crippen LogP contribution < -0.4 is 5.32 Å². The number of hydrogen-bond donors (Lipinski definition) is 2. The minimum Gasteiger partial charge on any atom is -0.480 e. The molecule has 0 bridgehead atoms. The van der Waals surface area contributed by atoms with Gasteiger partial charge in [0.05, 0.1) is 5.69 Å². The highest BCUT2D eigenvalue weighted by molar-refractivity contribution is 5.73. The van der Waals surface area contributed by atoms with Crippen molar-refractivity contribution in [2.45, 2.75) is 12.6 Å². The van der Waals surface area contributed by atoms with E-state index in [2.05, 4.69) is 20.2 Å². The van der Waals surface area contributed by atoms with E-state index < -0.39 is 12.0 Å². The fourth-order valence-electron chi connectivity index (χ4n) is 1.76. The summed E-state index contributed by atoms with van der Waals surface area (Å²) in [7, 11) is 0. The van der Waals surface area contributed by atoms with Crippen LogP contribution in [0.4, 0.5) is 0 Å². The minimum atomic E-state index is -0.802. The average Bonchev–Trinajstić information content (AvgIpc) is 2.30. The van der Waals surface area contributed by atoms with E-state index >= 15 is 0 Å². The highest BCUT2D eigenvalue weighted by Crippen LogP contribution is 2.04. The molecular formula is C10H14N4O2. The summed E-state index contributed by atoms with van der Waals surface area (Å²) in [5, 5.41) is 11.9. The van der Waals surface area contributed by atoms with Crippen molar-refractivity contribution in [1.29, 1.82) is 0 Å². The van der Waals surface area contributed by atoms with Gasteiger partial charge in [0.25, 0.3) is 0 Å². The summed E-state index contributed by atoms with van der Waals surface area (Å²) in [4.78, 5) is 21.1. The third-order valence-electron chi connectivity index (χ3n) is 2.56. The number of aliphatic carboxylic acids is 1. The minimum absolute atomic E-state index is 0.481. The molecule has 0 radical (unpaired) electrons. The largest absolute Gasteiger partial charge is 0.480 e. The average molecular weight is 222 g/mol. The molecular weight excluding hydrogens is 208 g/mol. The van der Waals surface area contributed by atoms with Crippen LogP contribution >= 0.6 is 0 Å². The highest BCUT2D eigenvalue weighted by atomic mass is 16.4. The van der Waals surface area contributed by atoms with Crippen molar-refractivity contribution in [3.8, 4) is 0 Å². The Labute approximate surface area is 93.3 Å². The van der Waals surface area contributed by atoms with Crippen molar-refractivity contribution < 1.29 is 9.90 Å². The van der Waals surface area contributed by atoms with Crippen molar-refractivity contribution >= 4 is 5.97 Å². The van der Waals surface area contributed by atoms with Gasteiger partial charge in [0.15, 0.2) is 0 Å². The first-order valence-electron chi connectivity index (χ1n) is 5.19. The van der Waals surface area contributed by atoms with E-state index in [4.69, 9.17) is 5.11 Å². The van der Waals surface area contributed by atoms with E-state index in [-0.39, 0.29) is 0 Å². The fraction of sp³-hybridized carbons (Fsp3) is 0.500. The van der Waals surface area contributed by atoms with Crippen molar-refractivity contribution in [1.82, 2.24) is 20.2 Å². The maximum absolute atomic E-state index is 10.8. The van der Waals surface area contributed by atoms with Gasteiger partial charge >= 0.3 is 5.97 Å². The van der Waals surface area contributed by atoms with Crippen LogP contribution in [0.1, 0.15) is 5.69 Å². The summed E-state index contributed by atoms with van der Waals surface area (Å²) < 4.78 is 0. The van der Waals surface area contributed by atoms with Gasteiger partial charge in [0, 0.05) is 44.8 Å². The second-order valence-electron chi connectivity index (χ2n) is 3.78. The van der Waals surface area contributed by atoms with E-state index in [0.717, 1.165) is 12.2 Å². The van der Waals surface area contributed by atoms with Crippen LogP contribution in [0, 0.1) is 0 Å². The lowest BCUT2D eigenvalue weighted by Gasteiger charge is -2.31. The van der Waals surface area contributed by atoms with Gasteiger partial charge in [0.2, 0.25) is 0 Å². The molecule has 1 aliphatic rings. The third kappa shape index (κ3) is 2.74. The molecule has 2 rings (SSSR count). The number of carboxylic acids is 1. The summed E-state index contributed by atoms with van der Waals surface area (Å²) in [6.07, 6.45) is 4.98.